The van der Waals surface area contributed by atoms with Gasteiger partial charge < -0.3 is 5.32 Å². The van der Waals surface area contributed by atoms with E-state index in [9.17, 15) is 31.1 Å². The molecule has 10 heteroatoms. The molecule has 0 fully saturated rings. The molecule has 0 spiro atoms. The Morgan fingerprint density at radius 2 is 1.75 bits per heavy atom. The number of nitrogens with zero attached hydrogens (tertiary/aromatic N) is 2. The second kappa shape index (κ2) is 7.42. The van der Waals surface area contributed by atoms with Crippen LogP contribution >= 0.6 is 0 Å². The van der Waals surface area contributed by atoms with Crippen LogP contribution in [-0.4, -0.2) is 28.5 Å². The summed E-state index contributed by atoms with van der Waals surface area (Å²) in [6, 6.07) is 6.31. The van der Waals surface area contributed by atoms with Gasteiger partial charge in [-0.2, -0.15) is 26.3 Å². The van der Waals surface area contributed by atoms with Crippen molar-refractivity contribution in [3.05, 3.63) is 64.5 Å². The van der Waals surface area contributed by atoms with Crippen LogP contribution in [0, 0.1) is 0 Å². The third-order valence-electron chi connectivity index (χ3n) is 4.23. The molecular weight excluding hydrogens is 388 g/mol. The summed E-state index contributed by atoms with van der Waals surface area (Å²) in [7, 11) is 0. The molecule has 0 unspecified atom stereocenters. The van der Waals surface area contributed by atoms with Crippen molar-refractivity contribution < 1.29 is 31.1 Å². The maximum absolute atomic E-state index is 12.6. The molecule has 1 N–H and O–H groups in total. The molecule has 3 rings (SSSR count). The Morgan fingerprint density at radius 3 is 2.36 bits per heavy atom. The van der Waals surface area contributed by atoms with Gasteiger partial charge in [0, 0.05) is 25.8 Å². The molecule has 0 bridgehead atoms. The number of fused-ring (bicyclic) bond motifs is 1. The lowest BCUT2D eigenvalue weighted by molar-refractivity contribution is -0.137. The number of hydrogen-bond acceptors (Lipinski definition) is 3. The summed E-state index contributed by atoms with van der Waals surface area (Å²) < 4.78 is 74.4. The molecule has 0 saturated carbocycles. The molecule has 1 amide bonds. The van der Waals surface area contributed by atoms with Crippen molar-refractivity contribution in [2.24, 2.45) is 0 Å². The van der Waals surface area contributed by atoms with Crippen LogP contribution in [0.2, 0.25) is 0 Å². The number of hydrogen-bond donors (Lipinski definition) is 1. The van der Waals surface area contributed by atoms with Gasteiger partial charge in [0.1, 0.15) is 6.54 Å². The SMILES string of the molecule is O=C(NCC(F)(F)F)c1cnc2c(c1)CN(Cc1ccc(C(F)(F)F)cc1)C2. The topological polar surface area (TPSA) is 45.2 Å². The lowest BCUT2D eigenvalue weighted by Gasteiger charge is -2.15. The molecule has 28 heavy (non-hydrogen) atoms. The lowest BCUT2D eigenvalue weighted by atomic mass is 10.1. The van der Waals surface area contributed by atoms with Crippen molar-refractivity contribution >= 4 is 5.91 Å². The molecule has 1 aliphatic heterocycles. The van der Waals surface area contributed by atoms with Gasteiger partial charge in [0.25, 0.3) is 5.91 Å². The van der Waals surface area contributed by atoms with E-state index in [2.05, 4.69) is 4.98 Å². The molecule has 1 aliphatic rings. The largest absolute Gasteiger partial charge is 0.416 e. The third kappa shape index (κ3) is 5.00. The normalized spacial score (nSPS) is 14.8. The van der Waals surface area contributed by atoms with Crippen LogP contribution in [0.15, 0.2) is 36.5 Å². The van der Waals surface area contributed by atoms with Gasteiger partial charge in [0.2, 0.25) is 0 Å². The maximum Gasteiger partial charge on any atom is 0.416 e. The second-order valence-corrected chi connectivity index (χ2v) is 6.47. The maximum atomic E-state index is 12.6. The first-order valence-corrected chi connectivity index (χ1v) is 8.22. The zero-order valence-corrected chi connectivity index (χ0v) is 14.4. The van der Waals surface area contributed by atoms with Gasteiger partial charge >= 0.3 is 12.4 Å². The molecule has 2 heterocycles. The van der Waals surface area contributed by atoms with Gasteiger partial charge in [-0.1, -0.05) is 12.1 Å². The molecule has 0 radical (unpaired) electrons. The number of carbonyl (C=O) groups is 1. The Bertz CT molecular complexity index is 861. The Kier molecular flexibility index (Phi) is 5.33. The monoisotopic (exact) mass is 403 g/mol. The summed E-state index contributed by atoms with van der Waals surface area (Å²) in [5.41, 5.74) is 1.37. The molecule has 1 aromatic heterocycles. The zero-order valence-electron chi connectivity index (χ0n) is 14.4. The second-order valence-electron chi connectivity index (χ2n) is 6.47. The minimum Gasteiger partial charge on any atom is -0.343 e. The number of aromatic nitrogens is 1. The van der Waals surface area contributed by atoms with E-state index < -0.39 is 30.4 Å². The van der Waals surface area contributed by atoms with Crippen molar-refractivity contribution in [2.75, 3.05) is 6.54 Å². The lowest BCUT2D eigenvalue weighted by Crippen LogP contribution is -2.33. The minimum absolute atomic E-state index is 0.0272. The quantitative estimate of drug-likeness (QED) is 0.788. The highest BCUT2D eigenvalue weighted by atomic mass is 19.4. The number of amides is 1. The van der Waals surface area contributed by atoms with Gasteiger partial charge in [0.05, 0.1) is 16.8 Å². The first-order valence-electron chi connectivity index (χ1n) is 8.22. The van der Waals surface area contributed by atoms with Crippen LogP contribution in [0.5, 0.6) is 0 Å². The van der Waals surface area contributed by atoms with E-state index in [1.165, 1.54) is 24.4 Å². The molecule has 150 valence electrons. The van der Waals surface area contributed by atoms with E-state index in [0.29, 0.717) is 36.5 Å². The van der Waals surface area contributed by atoms with Crippen molar-refractivity contribution in [3.8, 4) is 0 Å². The molecule has 0 aliphatic carbocycles. The van der Waals surface area contributed by atoms with E-state index in [1.807, 2.05) is 4.90 Å². The summed E-state index contributed by atoms with van der Waals surface area (Å²) in [4.78, 5) is 17.9. The van der Waals surface area contributed by atoms with Gasteiger partial charge in [0.15, 0.2) is 0 Å². The van der Waals surface area contributed by atoms with Crippen LogP contribution < -0.4 is 5.32 Å². The van der Waals surface area contributed by atoms with Crippen LogP contribution in [0.25, 0.3) is 0 Å². The summed E-state index contributed by atoms with van der Waals surface area (Å²) in [6.45, 7) is -0.225. The van der Waals surface area contributed by atoms with Crippen LogP contribution in [0.4, 0.5) is 26.3 Å². The first kappa shape index (κ1) is 20.1. The zero-order chi connectivity index (χ0) is 20.5. The Morgan fingerprint density at radius 1 is 1.07 bits per heavy atom. The number of nitrogens with one attached hydrogen (secondary N) is 1. The standard InChI is InChI=1S/C18H15F6N3O/c19-17(20,21)10-26-16(28)12-5-13-8-27(9-15(13)25-6-12)7-11-1-3-14(4-2-11)18(22,23)24/h1-6H,7-10H2,(H,26,28). The molecule has 0 saturated heterocycles. The number of pyridine rings is 1. The van der Waals surface area contributed by atoms with Crippen LogP contribution in [0.3, 0.4) is 0 Å². The third-order valence-corrected chi connectivity index (χ3v) is 4.23. The highest BCUT2D eigenvalue weighted by Crippen LogP contribution is 2.30. The van der Waals surface area contributed by atoms with Gasteiger partial charge in [-0.3, -0.25) is 14.7 Å². The summed E-state index contributed by atoms with van der Waals surface area (Å²) >= 11 is 0. The van der Waals surface area contributed by atoms with Gasteiger partial charge in [-0.05, 0) is 29.3 Å². The summed E-state index contributed by atoms with van der Waals surface area (Å²) in [6.07, 6.45) is -7.68. The average Bonchev–Trinajstić information content (AvgIpc) is 3.00. The van der Waals surface area contributed by atoms with Gasteiger partial charge in [-0.15, -0.1) is 0 Å². The number of alkyl halides is 6. The van der Waals surface area contributed by atoms with Crippen molar-refractivity contribution in [1.82, 2.24) is 15.2 Å². The summed E-state index contributed by atoms with van der Waals surface area (Å²) in [5.74, 6) is -0.867. The fourth-order valence-electron chi connectivity index (χ4n) is 2.90. The summed E-state index contributed by atoms with van der Waals surface area (Å²) in [5, 5.41) is 1.79. The van der Waals surface area contributed by atoms with E-state index in [-0.39, 0.29) is 5.56 Å². The van der Waals surface area contributed by atoms with Crippen molar-refractivity contribution in [2.45, 2.75) is 32.0 Å². The van der Waals surface area contributed by atoms with Crippen molar-refractivity contribution in [1.29, 1.82) is 0 Å². The van der Waals surface area contributed by atoms with Crippen LogP contribution in [-0.2, 0) is 25.8 Å². The molecule has 1 aromatic carbocycles. The molecule has 4 nitrogen and oxygen atoms in total. The predicted molar refractivity (Wildman–Crippen MR) is 87.0 cm³/mol. The molecular formula is C18H15F6N3O. The highest BCUT2D eigenvalue weighted by Gasteiger charge is 2.30. The van der Waals surface area contributed by atoms with Gasteiger partial charge in [-0.25, -0.2) is 0 Å². The van der Waals surface area contributed by atoms with E-state index >= 15 is 0 Å². The van der Waals surface area contributed by atoms with E-state index in [0.717, 1.165) is 12.1 Å². The predicted octanol–water partition coefficient (Wildman–Crippen LogP) is 3.91. The molecule has 0 atom stereocenters. The van der Waals surface area contributed by atoms with Crippen molar-refractivity contribution in [3.63, 3.8) is 0 Å². The first-order chi connectivity index (χ1) is 13.0. The number of halogens is 6. The number of carbonyl (C=O) groups excluding carboxylic acids is 1. The highest BCUT2D eigenvalue weighted by molar-refractivity contribution is 5.94. The van der Waals surface area contributed by atoms with Crippen LogP contribution in [0.1, 0.15) is 32.7 Å². The Labute approximate surface area is 156 Å². The van der Waals surface area contributed by atoms with E-state index in [1.54, 1.807) is 5.32 Å². The number of rotatable bonds is 4. The minimum atomic E-state index is -4.50. The smallest absolute Gasteiger partial charge is 0.343 e. The Balaban J connectivity index is 1.62. The van der Waals surface area contributed by atoms with E-state index in [4.69, 9.17) is 0 Å². The fraction of sp³-hybridized carbons (Fsp3) is 0.333. The average molecular weight is 403 g/mol. The molecule has 2 aromatic rings. The fourth-order valence-corrected chi connectivity index (χ4v) is 2.90. The Hall–Kier alpha value is -2.62. The number of benzene rings is 1.